The number of carbonyl (C=O) groups excluding carboxylic acids is 2. The molecule has 0 saturated carbocycles. The van der Waals surface area contributed by atoms with Crippen LogP contribution in [0.15, 0.2) is 12.2 Å². The Kier molecular flexibility index (Phi) is 40.8. The second-order valence-corrected chi connectivity index (χ2v) is 16.2. The summed E-state index contributed by atoms with van der Waals surface area (Å²) in [5.41, 5.74) is 5.49. The van der Waals surface area contributed by atoms with E-state index < -0.39 is 12.0 Å². The SMILES string of the molecule is CCCCCCCCC/C=C\CCCCCCCC(=O)OC(CCCCCCCCCCCCCC)CCCCCCCC(=O)NC(CCCN)C(=O)O. The molecule has 0 spiro atoms. The third kappa shape index (κ3) is 38.4. The molecule has 7 heteroatoms. The predicted molar refractivity (Wildman–Crippen MR) is 230 cm³/mol. The normalized spacial score (nSPS) is 12.6. The molecule has 0 radical (unpaired) electrons. The van der Waals surface area contributed by atoms with Gasteiger partial charge in [0.05, 0.1) is 0 Å². The summed E-state index contributed by atoms with van der Waals surface area (Å²) in [7, 11) is 0. The molecule has 0 bridgehead atoms. The largest absolute Gasteiger partial charge is 0.480 e. The van der Waals surface area contributed by atoms with Crippen LogP contribution in [-0.4, -0.2) is 41.6 Å². The van der Waals surface area contributed by atoms with Crippen molar-refractivity contribution in [3.8, 4) is 0 Å². The van der Waals surface area contributed by atoms with Gasteiger partial charge >= 0.3 is 11.9 Å². The number of nitrogens with two attached hydrogens (primary N) is 1. The van der Waals surface area contributed by atoms with E-state index in [1.54, 1.807) is 0 Å². The maximum absolute atomic E-state index is 12.8. The zero-order valence-electron chi connectivity index (χ0n) is 35.8. The van der Waals surface area contributed by atoms with Gasteiger partial charge in [-0.2, -0.15) is 0 Å². The van der Waals surface area contributed by atoms with Gasteiger partial charge in [-0.3, -0.25) is 9.59 Å². The van der Waals surface area contributed by atoms with Gasteiger partial charge in [0.15, 0.2) is 0 Å². The number of allylic oxidation sites excluding steroid dienone is 2. The van der Waals surface area contributed by atoms with Crippen LogP contribution >= 0.6 is 0 Å². The van der Waals surface area contributed by atoms with Crippen LogP contribution < -0.4 is 11.1 Å². The molecule has 1 amide bonds. The van der Waals surface area contributed by atoms with E-state index >= 15 is 0 Å². The number of carbonyl (C=O) groups is 3. The van der Waals surface area contributed by atoms with E-state index in [-0.39, 0.29) is 18.0 Å². The van der Waals surface area contributed by atoms with Crippen molar-refractivity contribution in [3.63, 3.8) is 0 Å². The highest BCUT2D eigenvalue weighted by Gasteiger charge is 2.19. The first kappa shape index (κ1) is 52.1. The molecule has 0 aromatic heterocycles. The molecule has 4 N–H and O–H groups in total. The summed E-state index contributed by atoms with van der Waals surface area (Å²) in [4.78, 5) is 36.4. The van der Waals surface area contributed by atoms with Gasteiger partial charge in [0, 0.05) is 12.8 Å². The van der Waals surface area contributed by atoms with Crippen LogP contribution in [0.3, 0.4) is 0 Å². The molecule has 0 aliphatic carbocycles. The monoisotopic (exact) mass is 763 g/mol. The Hall–Kier alpha value is -1.89. The Balaban J connectivity index is 4.28. The lowest BCUT2D eigenvalue weighted by Gasteiger charge is -2.18. The summed E-state index contributed by atoms with van der Waals surface area (Å²) >= 11 is 0. The highest BCUT2D eigenvalue weighted by molar-refractivity contribution is 5.83. The van der Waals surface area contributed by atoms with E-state index in [9.17, 15) is 19.5 Å². The van der Waals surface area contributed by atoms with Crippen LogP contribution in [0, 0.1) is 0 Å². The van der Waals surface area contributed by atoms with Gasteiger partial charge in [-0.1, -0.05) is 174 Å². The molecular weight excluding hydrogens is 673 g/mol. The fourth-order valence-corrected chi connectivity index (χ4v) is 7.27. The quantitative estimate of drug-likeness (QED) is 0.0323. The summed E-state index contributed by atoms with van der Waals surface area (Å²) in [5, 5.41) is 12.0. The molecule has 318 valence electrons. The zero-order chi connectivity index (χ0) is 39.6. The first-order valence-electron chi connectivity index (χ1n) is 23.5. The molecule has 0 rings (SSSR count). The predicted octanol–water partition coefficient (Wildman–Crippen LogP) is 13.5. The fourth-order valence-electron chi connectivity index (χ4n) is 7.27. The van der Waals surface area contributed by atoms with Gasteiger partial charge in [-0.05, 0) is 83.6 Å². The third-order valence-corrected chi connectivity index (χ3v) is 10.8. The summed E-state index contributed by atoms with van der Waals surface area (Å²) < 4.78 is 6.06. The number of esters is 1. The lowest BCUT2D eigenvalue weighted by Crippen LogP contribution is -2.40. The lowest BCUT2D eigenvalue weighted by atomic mass is 10.0. The number of ether oxygens (including phenoxy) is 1. The summed E-state index contributed by atoms with van der Waals surface area (Å²) in [5.74, 6) is -1.22. The Morgan fingerprint density at radius 3 is 1.33 bits per heavy atom. The van der Waals surface area contributed by atoms with Gasteiger partial charge in [0.1, 0.15) is 12.1 Å². The molecule has 0 fully saturated rings. The Morgan fingerprint density at radius 2 is 0.907 bits per heavy atom. The average molecular weight is 763 g/mol. The molecule has 0 aromatic carbocycles. The van der Waals surface area contributed by atoms with Crippen LogP contribution in [0.4, 0.5) is 0 Å². The molecule has 0 aliphatic rings. The number of nitrogens with one attached hydrogen (secondary N) is 1. The lowest BCUT2D eigenvalue weighted by molar-refractivity contribution is -0.150. The zero-order valence-corrected chi connectivity index (χ0v) is 35.8. The van der Waals surface area contributed by atoms with Crippen LogP contribution in [0.5, 0.6) is 0 Å². The molecule has 0 saturated heterocycles. The van der Waals surface area contributed by atoms with Crippen LogP contribution in [-0.2, 0) is 19.1 Å². The van der Waals surface area contributed by atoms with Crippen molar-refractivity contribution in [3.05, 3.63) is 12.2 Å². The first-order valence-corrected chi connectivity index (χ1v) is 23.5. The van der Waals surface area contributed by atoms with Crippen molar-refractivity contribution < 1.29 is 24.2 Å². The van der Waals surface area contributed by atoms with E-state index in [2.05, 4.69) is 31.3 Å². The Morgan fingerprint density at radius 1 is 0.519 bits per heavy atom. The number of hydrogen-bond donors (Lipinski definition) is 3. The van der Waals surface area contributed by atoms with Gasteiger partial charge in [0.25, 0.3) is 0 Å². The Labute approximate surface area is 334 Å². The molecule has 0 aliphatic heterocycles. The van der Waals surface area contributed by atoms with E-state index in [0.29, 0.717) is 32.2 Å². The fraction of sp³-hybridized carbons (Fsp3) is 0.894. The van der Waals surface area contributed by atoms with E-state index in [1.807, 2.05) is 0 Å². The van der Waals surface area contributed by atoms with Gasteiger partial charge in [0.2, 0.25) is 5.91 Å². The first-order chi connectivity index (χ1) is 26.4. The van der Waals surface area contributed by atoms with E-state index in [4.69, 9.17) is 10.5 Å². The van der Waals surface area contributed by atoms with E-state index in [0.717, 1.165) is 64.2 Å². The van der Waals surface area contributed by atoms with Crippen molar-refractivity contribution >= 4 is 17.8 Å². The minimum atomic E-state index is -1.00. The number of carboxylic acid groups (broad SMARTS) is 1. The number of unbranched alkanes of at least 4 members (excludes halogenated alkanes) is 27. The van der Waals surface area contributed by atoms with Gasteiger partial charge < -0.3 is 20.9 Å². The summed E-state index contributed by atoms with van der Waals surface area (Å²) in [6, 6.07) is -0.854. The number of carboxylic acids is 1. The minimum absolute atomic E-state index is 0.0146. The van der Waals surface area contributed by atoms with Crippen molar-refractivity contribution in [1.29, 1.82) is 0 Å². The van der Waals surface area contributed by atoms with Gasteiger partial charge in [-0.25, -0.2) is 4.79 Å². The second-order valence-electron chi connectivity index (χ2n) is 16.2. The van der Waals surface area contributed by atoms with E-state index in [1.165, 1.54) is 148 Å². The molecule has 2 atom stereocenters. The van der Waals surface area contributed by atoms with Crippen LogP contribution in [0.1, 0.15) is 251 Å². The molecule has 0 heterocycles. The van der Waals surface area contributed by atoms with Crippen LogP contribution in [0.25, 0.3) is 0 Å². The van der Waals surface area contributed by atoms with Crippen molar-refractivity contribution in [1.82, 2.24) is 5.32 Å². The number of rotatable bonds is 43. The van der Waals surface area contributed by atoms with Gasteiger partial charge in [-0.15, -0.1) is 0 Å². The summed E-state index contributed by atoms with van der Waals surface area (Å²) in [6.07, 6.45) is 46.9. The average Bonchev–Trinajstić information content (AvgIpc) is 3.16. The minimum Gasteiger partial charge on any atom is -0.480 e. The third-order valence-electron chi connectivity index (χ3n) is 10.8. The molecule has 0 aromatic rings. The second kappa shape index (κ2) is 42.3. The van der Waals surface area contributed by atoms with Crippen LogP contribution in [0.2, 0.25) is 0 Å². The topological polar surface area (TPSA) is 119 Å². The maximum atomic E-state index is 12.8. The number of amides is 1. The van der Waals surface area contributed by atoms with Crippen molar-refractivity contribution in [2.75, 3.05) is 6.54 Å². The van der Waals surface area contributed by atoms with Crippen molar-refractivity contribution in [2.45, 2.75) is 264 Å². The van der Waals surface area contributed by atoms with Crippen molar-refractivity contribution in [2.24, 2.45) is 5.73 Å². The Bertz CT molecular complexity index is 863. The number of hydrogen-bond acceptors (Lipinski definition) is 5. The smallest absolute Gasteiger partial charge is 0.326 e. The molecule has 2 unspecified atom stereocenters. The maximum Gasteiger partial charge on any atom is 0.326 e. The molecule has 7 nitrogen and oxygen atoms in total. The summed E-state index contributed by atoms with van der Waals surface area (Å²) in [6.45, 7) is 4.96. The highest BCUT2D eigenvalue weighted by atomic mass is 16.5. The molecule has 54 heavy (non-hydrogen) atoms. The standard InChI is InChI=1S/C47H90N2O5/c1-3-5-7-9-11-13-15-17-18-19-20-22-24-26-31-35-41-46(51)54-43(37-32-28-25-23-21-16-14-12-10-8-6-4-2)38-33-29-27-30-34-40-45(50)49-44(47(52)53)39-36-42-48/h18-19,43-44H,3-17,20-42,48H2,1-2H3,(H,49,50)(H,52,53)/b19-18-. The number of aliphatic carboxylic acids is 1. The molecular formula is C47H90N2O5. The highest BCUT2D eigenvalue weighted by Crippen LogP contribution is 2.19.